The molecule has 0 heterocycles. The van der Waals surface area contributed by atoms with E-state index in [0.717, 1.165) is 21.9 Å². The molecular formula is C25H19ClN2O2. The third-order valence-corrected chi connectivity index (χ3v) is 5.03. The van der Waals surface area contributed by atoms with Gasteiger partial charge in [0.15, 0.2) is 0 Å². The molecule has 1 N–H and O–H groups in total. The van der Waals surface area contributed by atoms with Crippen LogP contribution in [0.5, 0.6) is 5.75 Å². The first kappa shape index (κ1) is 19.7. The quantitative estimate of drug-likeness (QED) is 0.318. The Balaban J connectivity index is 1.47. The Labute approximate surface area is 179 Å². The molecule has 0 unspecified atom stereocenters. The lowest BCUT2D eigenvalue weighted by atomic mass is 10.1. The zero-order valence-electron chi connectivity index (χ0n) is 16.1. The van der Waals surface area contributed by atoms with Gasteiger partial charge in [0.1, 0.15) is 12.4 Å². The van der Waals surface area contributed by atoms with Crippen molar-refractivity contribution < 1.29 is 9.53 Å². The Morgan fingerprint density at radius 2 is 1.63 bits per heavy atom. The number of nitrogens with one attached hydrogen (secondary N) is 1. The van der Waals surface area contributed by atoms with Crippen LogP contribution in [0.25, 0.3) is 10.8 Å². The Morgan fingerprint density at radius 3 is 2.53 bits per heavy atom. The predicted molar refractivity (Wildman–Crippen MR) is 121 cm³/mol. The fourth-order valence-corrected chi connectivity index (χ4v) is 3.33. The molecule has 0 atom stereocenters. The average Bonchev–Trinajstić information content (AvgIpc) is 2.79. The van der Waals surface area contributed by atoms with Gasteiger partial charge in [0.05, 0.1) is 11.8 Å². The van der Waals surface area contributed by atoms with Gasteiger partial charge >= 0.3 is 0 Å². The molecule has 4 aromatic rings. The molecule has 4 rings (SSSR count). The van der Waals surface area contributed by atoms with E-state index in [9.17, 15) is 4.79 Å². The number of amides is 1. The van der Waals surface area contributed by atoms with Crippen molar-refractivity contribution in [3.63, 3.8) is 0 Å². The number of rotatable bonds is 6. The number of para-hydroxylation sites is 1. The van der Waals surface area contributed by atoms with Crippen molar-refractivity contribution in [3.05, 3.63) is 113 Å². The fraction of sp³-hybridized carbons (Fsp3) is 0.0400. The first-order valence-electron chi connectivity index (χ1n) is 9.49. The van der Waals surface area contributed by atoms with Gasteiger partial charge in [-0.05, 0) is 29.0 Å². The first-order valence-corrected chi connectivity index (χ1v) is 9.86. The molecule has 0 aliphatic carbocycles. The van der Waals surface area contributed by atoms with Crippen molar-refractivity contribution in [2.24, 2.45) is 5.10 Å². The molecule has 0 saturated carbocycles. The third-order valence-electron chi connectivity index (χ3n) is 4.67. The number of nitrogens with zero attached hydrogens (tertiary/aromatic N) is 1. The molecule has 0 aliphatic rings. The van der Waals surface area contributed by atoms with Gasteiger partial charge in [-0.1, -0.05) is 84.4 Å². The van der Waals surface area contributed by atoms with Crippen molar-refractivity contribution >= 4 is 34.5 Å². The molecule has 0 spiro atoms. The number of ether oxygens (including phenoxy) is 1. The van der Waals surface area contributed by atoms with Crippen LogP contribution in [0.3, 0.4) is 0 Å². The number of fused-ring (bicyclic) bond motifs is 1. The highest BCUT2D eigenvalue weighted by Gasteiger charge is 2.12. The summed E-state index contributed by atoms with van der Waals surface area (Å²) in [5.74, 6) is 0.122. The molecule has 0 bridgehead atoms. The second kappa shape index (κ2) is 9.25. The van der Waals surface area contributed by atoms with Crippen molar-refractivity contribution in [2.45, 2.75) is 6.61 Å². The van der Waals surface area contributed by atoms with Crippen LogP contribution < -0.4 is 10.2 Å². The molecule has 0 saturated heterocycles. The summed E-state index contributed by atoms with van der Waals surface area (Å²) < 4.78 is 5.85. The maximum Gasteiger partial charge on any atom is 0.275 e. The lowest BCUT2D eigenvalue weighted by Gasteiger charge is -2.11. The number of benzene rings is 4. The summed E-state index contributed by atoms with van der Waals surface area (Å²) in [5, 5.41) is 6.95. The van der Waals surface area contributed by atoms with Crippen LogP contribution >= 0.6 is 11.6 Å². The second-order valence-electron chi connectivity index (χ2n) is 6.64. The summed E-state index contributed by atoms with van der Waals surface area (Å²) >= 11 is 6.18. The molecule has 30 heavy (non-hydrogen) atoms. The Morgan fingerprint density at radius 1 is 0.900 bits per heavy atom. The first-order chi connectivity index (χ1) is 14.7. The summed E-state index contributed by atoms with van der Waals surface area (Å²) in [6.45, 7) is 0.267. The van der Waals surface area contributed by atoms with E-state index in [1.807, 2.05) is 66.7 Å². The maximum atomic E-state index is 12.7. The van der Waals surface area contributed by atoms with E-state index in [4.69, 9.17) is 16.3 Å². The minimum atomic E-state index is -0.346. The van der Waals surface area contributed by atoms with Crippen molar-refractivity contribution in [1.29, 1.82) is 0 Å². The monoisotopic (exact) mass is 414 g/mol. The smallest absolute Gasteiger partial charge is 0.275 e. The van der Waals surface area contributed by atoms with Crippen molar-refractivity contribution in [1.82, 2.24) is 5.43 Å². The van der Waals surface area contributed by atoms with Crippen LogP contribution in [0.4, 0.5) is 0 Å². The van der Waals surface area contributed by atoms with Crippen molar-refractivity contribution in [2.75, 3.05) is 0 Å². The summed E-state index contributed by atoms with van der Waals surface area (Å²) in [5.41, 5.74) is 4.77. The lowest BCUT2D eigenvalue weighted by molar-refractivity contribution is 0.0950. The normalized spacial score (nSPS) is 11.0. The summed E-state index contributed by atoms with van der Waals surface area (Å²) in [6, 6.07) is 28.5. The minimum absolute atomic E-state index is 0.267. The predicted octanol–water partition coefficient (Wildman–Crippen LogP) is 5.84. The summed E-state index contributed by atoms with van der Waals surface area (Å²) in [6.07, 6.45) is 1.65. The standard InChI is InChI=1S/C25H19ClN2O2/c26-23-14-5-2-9-20(23)17-30-24-15-6-4-13-22(24)25(29)28-27-16-19-11-7-10-18-8-1-3-12-21(18)19/h1-16H,17H2,(H,28,29)/b27-16+. The molecule has 0 radical (unpaired) electrons. The highest BCUT2D eigenvalue weighted by Crippen LogP contribution is 2.22. The molecule has 4 aromatic carbocycles. The maximum absolute atomic E-state index is 12.7. The van der Waals surface area contributed by atoms with Gasteiger partial charge in [-0.2, -0.15) is 5.10 Å². The fourth-order valence-electron chi connectivity index (χ4n) is 3.13. The van der Waals surface area contributed by atoms with Crippen LogP contribution in [0.2, 0.25) is 5.02 Å². The highest BCUT2D eigenvalue weighted by molar-refractivity contribution is 6.31. The number of hydrogen-bond donors (Lipinski definition) is 1. The minimum Gasteiger partial charge on any atom is -0.488 e. The number of carbonyl (C=O) groups is 1. The van der Waals surface area contributed by atoms with Gasteiger partial charge in [-0.25, -0.2) is 5.43 Å². The largest absolute Gasteiger partial charge is 0.488 e. The van der Waals surface area contributed by atoms with Crippen LogP contribution in [0, 0.1) is 0 Å². The van der Waals surface area contributed by atoms with E-state index >= 15 is 0 Å². The number of hydrazone groups is 1. The summed E-state index contributed by atoms with van der Waals surface area (Å²) in [7, 11) is 0. The molecule has 0 aromatic heterocycles. The van der Waals surface area contributed by atoms with Gasteiger partial charge < -0.3 is 4.74 Å². The Kier molecular flexibility index (Phi) is 6.06. The molecule has 0 fully saturated rings. The number of carbonyl (C=O) groups excluding carboxylic acids is 1. The number of halogens is 1. The van der Waals surface area contributed by atoms with E-state index in [0.29, 0.717) is 16.3 Å². The van der Waals surface area contributed by atoms with Crippen molar-refractivity contribution in [3.8, 4) is 5.75 Å². The van der Waals surface area contributed by atoms with E-state index in [-0.39, 0.29) is 12.5 Å². The van der Waals surface area contributed by atoms with Gasteiger partial charge in [0, 0.05) is 16.1 Å². The van der Waals surface area contributed by atoms with Gasteiger partial charge in [-0.3, -0.25) is 4.79 Å². The molecular weight excluding hydrogens is 396 g/mol. The second-order valence-corrected chi connectivity index (χ2v) is 7.05. The summed E-state index contributed by atoms with van der Waals surface area (Å²) in [4.78, 5) is 12.7. The van der Waals surface area contributed by atoms with Gasteiger partial charge in [0.25, 0.3) is 5.91 Å². The van der Waals surface area contributed by atoms with Crippen LogP contribution in [-0.2, 0) is 6.61 Å². The third kappa shape index (κ3) is 4.50. The SMILES string of the molecule is O=C(N/N=C/c1cccc2ccccc12)c1ccccc1OCc1ccccc1Cl. The number of hydrogen-bond acceptors (Lipinski definition) is 3. The molecule has 0 aliphatic heterocycles. The van der Waals surface area contributed by atoms with E-state index < -0.39 is 0 Å². The van der Waals surface area contributed by atoms with E-state index in [2.05, 4.69) is 10.5 Å². The molecule has 148 valence electrons. The zero-order valence-corrected chi connectivity index (χ0v) is 16.8. The molecule has 5 heteroatoms. The van der Waals surface area contributed by atoms with E-state index in [1.54, 1.807) is 30.5 Å². The topological polar surface area (TPSA) is 50.7 Å². The zero-order chi connectivity index (χ0) is 20.8. The Bertz CT molecular complexity index is 1220. The van der Waals surface area contributed by atoms with Crippen LogP contribution in [-0.4, -0.2) is 12.1 Å². The highest BCUT2D eigenvalue weighted by atomic mass is 35.5. The van der Waals surface area contributed by atoms with E-state index in [1.165, 1.54) is 0 Å². The Hall–Kier alpha value is -3.63. The van der Waals surface area contributed by atoms with Gasteiger partial charge in [0.2, 0.25) is 0 Å². The van der Waals surface area contributed by atoms with Gasteiger partial charge in [-0.15, -0.1) is 0 Å². The van der Waals surface area contributed by atoms with Crippen LogP contribution in [0.15, 0.2) is 96.1 Å². The van der Waals surface area contributed by atoms with Crippen LogP contribution in [0.1, 0.15) is 21.5 Å². The lowest BCUT2D eigenvalue weighted by Crippen LogP contribution is -2.18. The molecule has 4 nitrogen and oxygen atoms in total. The average molecular weight is 415 g/mol. The molecule has 1 amide bonds.